The fourth-order valence-corrected chi connectivity index (χ4v) is 0.748. The highest BCUT2D eigenvalue weighted by Crippen LogP contribution is 2.16. The predicted molar refractivity (Wildman–Crippen MR) is 46.1 cm³/mol. The lowest BCUT2D eigenvalue weighted by Crippen LogP contribution is -2.21. The maximum atomic E-state index is 11.8. The molecule has 0 amide bonds. The molecule has 88 valence electrons. The number of rotatable bonds is 3. The van der Waals surface area contributed by atoms with Crippen molar-refractivity contribution in [3.63, 3.8) is 0 Å². The van der Waals surface area contributed by atoms with Crippen LogP contribution in [0.25, 0.3) is 0 Å². The van der Waals surface area contributed by atoms with E-state index in [1.807, 2.05) is 0 Å². The summed E-state index contributed by atoms with van der Waals surface area (Å²) in [6, 6.07) is 0. The lowest BCUT2D eigenvalue weighted by Gasteiger charge is -2.08. The van der Waals surface area contributed by atoms with Gasteiger partial charge < -0.3 is 15.7 Å². The zero-order chi connectivity index (χ0) is 12.2. The number of ether oxygens (including phenoxy) is 1. The number of amidine groups is 1. The van der Waals surface area contributed by atoms with Crippen molar-refractivity contribution >= 4 is 5.84 Å². The van der Waals surface area contributed by atoms with Gasteiger partial charge in [0.15, 0.2) is 12.4 Å². The molecule has 0 fully saturated rings. The Morgan fingerprint density at radius 3 is 2.75 bits per heavy atom. The van der Waals surface area contributed by atoms with Crippen molar-refractivity contribution in [1.29, 1.82) is 0 Å². The molecule has 3 N–H and O–H groups in total. The van der Waals surface area contributed by atoms with Gasteiger partial charge in [0.05, 0.1) is 12.4 Å². The van der Waals surface area contributed by atoms with Crippen LogP contribution < -0.4 is 10.5 Å². The van der Waals surface area contributed by atoms with Gasteiger partial charge in [-0.15, -0.1) is 0 Å². The van der Waals surface area contributed by atoms with E-state index in [2.05, 4.69) is 19.9 Å². The molecular weight excluding hydrogens is 229 g/mol. The average molecular weight is 236 g/mol. The minimum atomic E-state index is -4.46. The van der Waals surface area contributed by atoms with Crippen LogP contribution in [0, 0.1) is 0 Å². The molecule has 1 aromatic heterocycles. The third-order valence-electron chi connectivity index (χ3n) is 1.37. The van der Waals surface area contributed by atoms with Crippen LogP contribution >= 0.6 is 0 Å². The molecule has 0 unspecified atom stereocenters. The summed E-state index contributed by atoms with van der Waals surface area (Å²) in [5.41, 5.74) is 5.08. The van der Waals surface area contributed by atoms with Gasteiger partial charge in [0.2, 0.25) is 5.88 Å². The van der Waals surface area contributed by atoms with Crippen molar-refractivity contribution in [3.8, 4) is 5.88 Å². The second kappa shape index (κ2) is 4.64. The third-order valence-corrected chi connectivity index (χ3v) is 1.37. The molecule has 9 heteroatoms. The van der Waals surface area contributed by atoms with Gasteiger partial charge in [-0.3, -0.25) is 4.98 Å². The molecule has 0 aliphatic carbocycles. The number of aromatic nitrogens is 2. The molecule has 0 atom stereocenters. The van der Waals surface area contributed by atoms with Crippen molar-refractivity contribution < 1.29 is 23.1 Å². The Labute approximate surface area is 87.6 Å². The Balaban J connectivity index is 2.76. The van der Waals surface area contributed by atoms with E-state index in [1.54, 1.807) is 0 Å². The topological polar surface area (TPSA) is 93.6 Å². The van der Waals surface area contributed by atoms with E-state index in [1.165, 1.54) is 0 Å². The first-order valence-electron chi connectivity index (χ1n) is 3.92. The first-order chi connectivity index (χ1) is 7.42. The van der Waals surface area contributed by atoms with Crippen molar-refractivity contribution in [2.45, 2.75) is 6.18 Å². The molecule has 0 saturated carbocycles. The zero-order valence-corrected chi connectivity index (χ0v) is 7.77. The lowest BCUT2D eigenvalue weighted by molar-refractivity contribution is -0.154. The summed E-state index contributed by atoms with van der Waals surface area (Å²) in [6.45, 7) is -1.48. The van der Waals surface area contributed by atoms with Gasteiger partial charge in [-0.25, -0.2) is 4.98 Å². The minimum Gasteiger partial charge on any atom is -0.467 e. The summed E-state index contributed by atoms with van der Waals surface area (Å²) in [6.07, 6.45) is -2.36. The predicted octanol–water partition coefficient (Wildman–Crippen LogP) is 0.512. The van der Waals surface area contributed by atoms with E-state index in [4.69, 9.17) is 10.9 Å². The Morgan fingerprint density at radius 1 is 1.50 bits per heavy atom. The van der Waals surface area contributed by atoms with Gasteiger partial charge in [0, 0.05) is 0 Å². The molecule has 0 bridgehead atoms. The molecule has 0 spiro atoms. The summed E-state index contributed by atoms with van der Waals surface area (Å²) in [5.74, 6) is -0.730. The number of alkyl halides is 3. The molecule has 0 aliphatic heterocycles. The van der Waals surface area contributed by atoms with Gasteiger partial charge in [-0.2, -0.15) is 13.2 Å². The third kappa shape index (κ3) is 3.59. The smallest absolute Gasteiger partial charge is 0.422 e. The van der Waals surface area contributed by atoms with Crippen molar-refractivity contribution in [2.75, 3.05) is 6.61 Å². The summed E-state index contributed by atoms with van der Waals surface area (Å²) in [5, 5.41) is 10.9. The molecule has 16 heavy (non-hydrogen) atoms. The maximum absolute atomic E-state index is 11.8. The maximum Gasteiger partial charge on any atom is 0.422 e. The van der Waals surface area contributed by atoms with Crippen LogP contribution in [-0.4, -0.2) is 33.8 Å². The highest BCUT2D eigenvalue weighted by Gasteiger charge is 2.28. The quantitative estimate of drug-likeness (QED) is 0.345. The van der Waals surface area contributed by atoms with E-state index < -0.39 is 12.8 Å². The van der Waals surface area contributed by atoms with Gasteiger partial charge in [0.25, 0.3) is 0 Å². The number of halogens is 3. The lowest BCUT2D eigenvalue weighted by atomic mass is 10.4. The molecule has 0 aliphatic rings. The van der Waals surface area contributed by atoms with E-state index in [-0.39, 0.29) is 17.4 Å². The first kappa shape index (κ1) is 12.0. The second-order valence-corrected chi connectivity index (χ2v) is 2.63. The monoisotopic (exact) mass is 236 g/mol. The van der Waals surface area contributed by atoms with Crippen molar-refractivity contribution in [1.82, 2.24) is 9.97 Å². The number of oxime groups is 1. The van der Waals surface area contributed by atoms with E-state index in [9.17, 15) is 13.2 Å². The molecule has 6 nitrogen and oxygen atoms in total. The normalized spacial score (nSPS) is 12.6. The van der Waals surface area contributed by atoms with Crippen LogP contribution in [0.3, 0.4) is 0 Å². The summed E-state index contributed by atoms with van der Waals surface area (Å²) >= 11 is 0. The molecule has 0 radical (unpaired) electrons. The van der Waals surface area contributed by atoms with Crippen molar-refractivity contribution in [2.24, 2.45) is 10.9 Å². The Bertz CT molecular complexity index is 393. The average Bonchev–Trinajstić information content (AvgIpc) is 2.25. The largest absolute Gasteiger partial charge is 0.467 e. The van der Waals surface area contributed by atoms with Gasteiger partial charge >= 0.3 is 6.18 Å². The number of hydrogen-bond donors (Lipinski definition) is 2. The first-order valence-corrected chi connectivity index (χ1v) is 3.92. The van der Waals surface area contributed by atoms with Crippen LogP contribution in [0.1, 0.15) is 5.69 Å². The zero-order valence-electron chi connectivity index (χ0n) is 7.77. The standard InChI is InChI=1S/C7H7F3N4O2/c8-7(9,10)3-16-5-2-12-1-4(13-5)6(11)14-15/h1-2,15H,3H2,(H2,11,14). The highest BCUT2D eigenvalue weighted by molar-refractivity contribution is 5.94. The Hall–Kier alpha value is -2.06. The fraction of sp³-hybridized carbons (Fsp3) is 0.286. The summed E-state index contributed by atoms with van der Waals surface area (Å²) < 4.78 is 39.7. The second-order valence-electron chi connectivity index (χ2n) is 2.63. The van der Waals surface area contributed by atoms with Crippen LogP contribution in [-0.2, 0) is 0 Å². The van der Waals surface area contributed by atoms with Crippen LogP contribution in [0.15, 0.2) is 17.5 Å². The van der Waals surface area contributed by atoms with Gasteiger partial charge in [-0.05, 0) is 0 Å². The molecular formula is C7H7F3N4O2. The Kier molecular flexibility index (Phi) is 3.48. The van der Waals surface area contributed by atoms with Crippen LogP contribution in [0.4, 0.5) is 13.2 Å². The number of nitrogens with zero attached hydrogens (tertiary/aromatic N) is 3. The van der Waals surface area contributed by atoms with Gasteiger partial charge in [0.1, 0.15) is 5.69 Å². The molecule has 1 aromatic rings. The van der Waals surface area contributed by atoms with Crippen LogP contribution in [0.5, 0.6) is 5.88 Å². The van der Waals surface area contributed by atoms with E-state index >= 15 is 0 Å². The van der Waals surface area contributed by atoms with E-state index in [0.29, 0.717) is 0 Å². The summed E-state index contributed by atoms with van der Waals surface area (Å²) in [4.78, 5) is 7.07. The summed E-state index contributed by atoms with van der Waals surface area (Å²) in [7, 11) is 0. The molecule has 0 aromatic carbocycles. The highest BCUT2D eigenvalue weighted by atomic mass is 19.4. The number of hydrogen-bond acceptors (Lipinski definition) is 5. The molecule has 0 saturated heterocycles. The van der Waals surface area contributed by atoms with E-state index in [0.717, 1.165) is 12.4 Å². The minimum absolute atomic E-state index is 0.0813. The molecule has 1 heterocycles. The SMILES string of the molecule is N/C(=N\O)c1cncc(OCC(F)(F)F)n1. The van der Waals surface area contributed by atoms with Crippen LogP contribution in [0.2, 0.25) is 0 Å². The molecule has 1 rings (SSSR count). The fourth-order valence-electron chi connectivity index (χ4n) is 0.748. The number of nitrogens with two attached hydrogens (primary N) is 1. The van der Waals surface area contributed by atoms with Gasteiger partial charge in [-0.1, -0.05) is 5.16 Å². The Morgan fingerprint density at radius 2 is 2.19 bits per heavy atom. The van der Waals surface area contributed by atoms with Crippen molar-refractivity contribution in [3.05, 3.63) is 18.1 Å².